The van der Waals surface area contributed by atoms with E-state index < -0.39 is 0 Å². The Hall–Kier alpha value is -1.30. The second-order valence-corrected chi connectivity index (χ2v) is 5.14. The monoisotopic (exact) mass is 415 g/mol. The average Bonchev–Trinajstić information content (AvgIpc) is 2.64. The maximum Gasteiger partial charge on any atom is 0.150 e. The Labute approximate surface area is 146 Å². The van der Waals surface area contributed by atoms with Crippen LogP contribution in [0.3, 0.4) is 0 Å². The van der Waals surface area contributed by atoms with Gasteiger partial charge in [-0.1, -0.05) is 66.8 Å². The number of rotatable bonds is 5. The summed E-state index contributed by atoms with van der Waals surface area (Å²) in [6.07, 6.45) is 5.41. The first kappa shape index (κ1) is 20.7. The van der Waals surface area contributed by atoms with Crippen LogP contribution in [0.1, 0.15) is 47.7 Å². The van der Waals surface area contributed by atoms with Crippen molar-refractivity contribution in [2.45, 2.75) is 26.2 Å². The van der Waals surface area contributed by atoms with E-state index in [9.17, 15) is 9.18 Å². The van der Waals surface area contributed by atoms with Crippen molar-refractivity contribution in [3.8, 4) is 0 Å². The molecular formula is C18H23FINO. The number of nitrogens with zero attached hydrogens (tertiary/aromatic N) is 1. The number of halogens is 2. The molecule has 1 heterocycles. The summed E-state index contributed by atoms with van der Waals surface area (Å²) in [6.45, 7) is 4.00. The third-order valence-electron chi connectivity index (χ3n) is 2.99. The Kier molecular flexibility index (Phi) is 12.6. The van der Waals surface area contributed by atoms with Gasteiger partial charge in [-0.05, 0) is 23.6 Å². The second-order valence-electron chi connectivity index (χ2n) is 4.06. The molecule has 2 nitrogen and oxygen atoms in total. The molecule has 0 N–H and O–H groups in total. The lowest BCUT2D eigenvalue weighted by Gasteiger charge is -2.18. The van der Waals surface area contributed by atoms with E-state index in [0.717, 1.165) is 28.3 Å². The predicted molar refractivity (Wildman–Crippen MR) is 99.8 cm³/mol. The lowest BCUT2D eigenvalue weighted by atomic mass is 9.88. The highest BCUT2D eigenvalue weighted by molar-refractivity contribution is 14.1. The summed E-state index contributed by atoms with van der Waals surface area (Å²) in [6, 6.07) is 12.1. The largest absolute Gasteiger partial charge is 0.298 e. The van der Waals surface area contributed by atoms with E-state index in [4.69, 9.17) is 0 Å². The number of alkyl halides is 2. The quantitative estimate of drug-likeness (QED) is 0.369. The van der Waals surface area contributed by atoms with Gasteiger partial charge < -0.3 is 0 Å². The number of aromatic nitrogens is 1. The number of hydrogen-bond donors (Lipinski definition) is 0. The number of carbonyl (C=O) groups is 1. The molecule has 0 saturated carbocycles. The molecule has 0 fully saturated rings. The van der Waals surface area contributed by atoms with Crippen LogP contribution in [0, 0.1) is 0 Å². The zero-order valence-corrected chi connectivity index (χ0v) is 15.5. The number of hydrogen-bond acceptors (Lipinski definition) is 2. The van der Waals surface area contributed by atoms with Crippen LogP contribution in [-0.2, 0) is 0 Å². The zero-order chi connectivity index (χ0) is 16.8. The number of carbonyl (C=O) groups excluding carboxylic acids is 1. The summed E-state index contributed by atoms with van der Waals surface area (Å²) < 4.78 is 10.5. The standard InChI is InChI=1S/C15H14INO.C2H6.CH3F/c16-8-6-14(12-4-2-1-3-5-12)15-10-17-9-7-13(15)11-18;2*1-2/h1-5,7,9-11,14H,6,8H2;1-2H3;1H3. The number of benzene rings is 1. The first-order valence-electron chi connectivity index (χ1n) is 7.24. The van der Waals surface area contributed by atoms with E-state index in [1.54, 1.807) is 12.3 Å². The summed E-state index contributed by atoms with van der Waals surface area (Å²) in [5.41, 5.74) is 3.00. The lowest BCUT2D eigenvalue weighted by molar-refractivity contribution is 0.112. The van der Waals surface area contributed by atoms with Gasteiger partial charge in [-0.15, -0.1) is 0 Å². The van der Waals surface area contributed by atoms with E-state index in [2.05, 4.69) is 39.7 Å². The molecular weight excluding hydrogens is 392 g/mol. The third kappa shape index (κ3) is 6.22. The SMILES string of the molecule is CC.CF.O=Cc1ccncc1C(CCI)c1ccccc1. The second kappa shape index (κ2) is 13.4. The zero-order valence-electron chi connectivity index (χ0n) is 13.3. The Bertz CT molecular complexity index is 520. The molecule has 22 heavy (non-hydrogen) atoms. The van der Waals surface area contributed by atoms with Gasteiger partial charge in [0.05, 0.1) is 7.18 Å². The number of aldehydes is 1. The van der Waals surface area contributed by atoms with Gasteiger partial charge in [-0.25, -0.2) is 0 Å². The van der Waals surface area contributed by atoms with Crippen LogP contribution in [0.4, 0.5) is 4.39 Å². The number of pyridine rings is 1. The van der Waals surface area contributed by atoms with Gasteiger partial charge in [0.25, 0.3) is 0 Å². The van der Waals surface area contributed by atoms with Crippen LogP contribution in [0.25, 0.3) is 0 Å². The smallest absolute Gasteiger partial charge is 0.150 e. The van der Waals surface area contributed by atoms with Gasteiger partial charge in [0.15, 0.2) is 0 Å². The highest BCUT2D eigenvalue weighted by atomic mass is 127. The van der Waals surface area contributed by atoms with Crippen LogP contribution in [-0.4, -0.2) is 22.9 Å². The Morgan fingerprint density at radius 2 is 1.82 bits per heavy atom. The summed E-state index contributed by atoms with van der Waals surface area (Å²) in [5.74, 6) is 0.247. The van der Waals surface area contributed by atoms with E-state index in [1.807, 2.05) is 38.2 Å². The fraction of sp³-hybridized carbons (Fsp3) is 0.333. The summed E-state index contributed by atoms with van der Waals surface area (Å²) in [5, 5.41) is 0. The van der Waals surface area contributed by atoms with Gasteiger partial charge in [-0.3, -0.25) is 14.2 Å². The van der Waals surface area contributed by atoms with Crippen LogP contribution in [0.15, 0.2) is 48.8 Å². The first-order chi connectivity index (χ1) is 10.9. The summed E-state index contributed by atoms with van der Waals surface area (Å²) in [7, 11) is 0.500. The Morgan fingerprint density at radius 1 is 1.18 bits per heavy atom. The van der Waals surface area contributed by atoms with Crippen LogP contribution in [0.5, 0.6) is 0 Å². The molecule has 2 rings (SSSR count). The summed E-state index contributed by atoms with van der Waals surface area (Å²) in [4.78, 5) is 15.3. The van der Waals surface area contributed by atoms with Crippen molar-refractivity contribution in [2.75, 3.05) is 11.6 Å². The van der Waals surface area contributed by atoms with Crippen molar-refractivity contribution < 1.29 is 9.18 Å². The topological polar surface area (TPSA) is 30.0 Å². The molecule has 0 amide bonds. The maximum atomic E-state index is 11.1. The minimum absolute atomic E-state index is 0.247. The van der Waals surface area contributed by atoms with E-state index >= 15 is 0 Å². The lowest BCUT2D eigenvalue weighted by Crippen LogP contribution is -2.06. The molecule has 0 bridgehead atoms. The molecule has 1 atom stereocenters. The summed E-state index contributed by atoms with van der Waals surface area (Å²) >= 11 is 2.37. The molecule has 0 aliphatic carbocycles. The predicted octanol–water partition coefficient (Wildman–Crippen LogP) is 5.46. The fourth-order valence-corrected chi connectivity index (χ4v) is 2.73. The van der Waals surface area contributed by atoms with Gasteiger partial charge in [-0.2, -0.15) is 0 Å². The highest BCUT2D eigenvalue weighted by Gasteiger charge is 2.16. The molecule has 0 spiro atoms. The fourth-order valence-electron chi connectivity index (χ4n) is 2.11. The van der Waals surface area contributed by atoms with Gasteiger partial charge in [0.2, 0.25) is 0 Å². The molecule has 0 aliphatic heterocycles. The molecule has 4 heteroatoms. The van der Waals surface area contributed by atoms with Crippen molar-refractivity contribution in [3.05, 3.63) is 65.5 Å². The molecule has 0 radical (unpaired) electrons. The van der Waals surface area contributed by atoms with Crippen molar-refractivity contribution in [1.82, 2.24) is 4.98 Å². The average molecular weight is 415 g/mol. The van der Waals surface area contributed by atoms with Gasteiger partial charge >= 0.3 is 0 Å². The highest BCUT2D eigenvalue weighted by Crippen LogP contribution is 2.29. The van der Waals surface area contributed by atoms with Crippen molar-refractivity contribution in [3.63, 3.8) is 0 Å². The molecule has 1 unspecified atom stereocenters. The van der Waals surface area contributed by atoms with Gasteiger partial charge in [0, 0.05) is 28.3 Å². The van der Waals surface area contributed by atoms with Crippen LogP contribution >= 0.6 is 22.6 Å². The van der Waals surface area contributed by atoms with Crippen molar-refractivity contribution in [1.29, 1.82) is 0 Å². The molecule has 2 aromatic rings. The molecule has 0 aliphatic rings. The molecule has 1 aromatic heterocycles. The van der Waals surface area contributed by atoms with E-state index in [1.165, 1.54) is 5.56 Å². The Morgan fingerprint density at radius 3 is 2.36 bits per heavy atom. The van der Waals surface area contributed by atoms with Gasteiger partial charge in [0.1, 0.15) is 6.29 Å². The van der Waals surface area contributed by atoms with Crippen molar-refractivity contribution >= 4 is 28.9 Å². The van der Waals surface area contributed by atoms with Crippen molar-refractivity contribution in [2.24, 2.45) is 0 Å². The third-order valence-corrected chi connectivity index (χ3v) is 3.61. The minimum Gasteiger partial charge on any atom is -0.298 e. The van der Waals surface area contributed by atoms with Crippen LogP contribution in [0.2, 0.25) is 0 Å². The minimum atomic E-state index is 0.247. The van der Waals surface area contributed by atoms with E-state index in [-0.39, 0.29) is 5.92 Å². The Balaban J connectivity index is 0.00000102. The molecule has 1 aromatic carbocycles. The first-order valence-corrected chi connectivity index (χ1v) is 8.77. The molecule has 120 valence electrons. The maximum absolute atomic E-state index is 11.1. The van der Waals surface area contributed by atoms with Crippen LogP contribution < -0.4 is 0 Å². The van der Waals surface area contributed by atoms with E-state index in [0.29, 0.717) is 7.18 Å². The molecule has 0 saturated heterocycles. The normalized spacial score (nSPS) is 10.4.